The summed E-state index contributed by atoms with van der Waals surface area (Å²) in [6.45, 7) is 6.66. The third kappa shape index (κ3) is 4.77. The molecule has 0 spiro atoms. The number of allylic oxidation sites excluding steroid dienone is 4. The molecule has 6 nitrogen and oxygen atoms in total. The Bertz CT molecular complexity index is 820. The molecule has 1 heterocycles. The third-order valence-corrected chi connectivity index (χ3v) is 5.05. The topological polar surface area (TPSA) is 96.4 Å². The number of aliphatic hydroxyl groups is 1. The number of hydrogen-bond acceptors (Lipinski definition) is 5. The van der Waals surface area contributed by atoms with Gasteiger partial charge in [-0.2, -0.15) is 0 Å². The SMILES string of the molecule is CC1=C(C)C(=O)C(CCC(C)(O)C(=O)NCCc2ccccn2)=C(C)C1=O. The fourth-order valence-corrected chi connectivity index (χ4v) is 2.98. The van der Waals surface area contributed by atoms with Gasteiger partial charge in [0.25, 0.3) is 5.91 Å². The maximum absolute atomic E-state index is 12.5. The Balaban J connectivity index is 1.94. The van der Waals surface area contributed by atoms with Crippen molar-refractivity contribution >= 4 is 17.5 Å². The standard InChI is InChI=1S/C21H26N2O4/c1-13-14(2)19(25)17(15(3)18(13)24)8-10-21(4,27)20(26)23-12-9-16-7-5-6-11-22-16/h5-7,11,27H,8-10,12H2,1-4H3,(H,23,26). The lowest BCUT2D eigenvalue weighted by molar-refractivity contribution is -0.138. The zero-order valence-electron chi connectivity index (χ0n) is 16.3. The van der Waals surface area contributed by atoms with Gasteiger partial charge in [-0.15, -0.1) is 0 Å². The molecule has 1 atom stereocenters. The molecular weight excluding hydrogens is 344 g/mol. The second-order valence-electron chi connectivity index (χ2n) is 7.11. The number of aromatic nitrogens is 1. The molecule has 0 bridgehead atoms. The maximum atomic E-state index is 12.5. The van der Waals surface area contributed by atoms with Gasteiger partial charge in [0.2, 0.25) is 0 Å². The lowest BCUT2D eigenvalue weighted by Crippen LogP contribution is -2.45. The molecule has 144 valence electrons. The van der Waals surface area contributed by atoms with Crippen molar-refractivity contribution in [3.05, 3.63) is 52.4 Å². The van der Waals surface area contributed by atoms with Gasteiger partial charge in [0, 0.05) is 47.1 Å². The van der Waals surface area contributed by atoms with E-state index in [4.69, 9.17) is 0 Å². The van der Waals surface area contributed by atoms with E-state index in [0.29, 0.717) is 35.3 Å². The first kappa shape index (κ1) is 20.7. The van der Waals surface area contributed by atoms with Gasteiger partial charge in [-0.25, -0.2) is 0 Å². The molecule has 2 rings (SSSR count). The molecule has 1 aromatic rings. The molecule has 6 heteroatoms. The van der Waals surface area contributed by atoms with E-state index >= 15 is 0 Å². The molecule has 0 aromatic carbocycles. The highest BCUT2D eigenvalue weighted by Crippen LogP contribution is 2.28. The van der Waals surface area contributed by atoms with E-state index < -0.39 is 11.5 Å². The van der Waals surface area contributed by atoms with Crippen molar-refractivity contribution in [1.29, 1.82) is 0 Å². The fraction of sp³-hybridized carbons (Fsp3) is 0.429. The molecule has 1 amide bonds. The second-order valence-corrected chi connectivity index (χ2v) is 7.11. The Labute approximate surface area is 159 Å². The number of ketones is 2. The highest BCUT2D eigenvalue weighted by molar-refractivity contribution is 6.24. The van der Waals surface area contributed by atoms with Crippen molar-refractivity contribution in [2.45, 2.75) is 52.6 Å². The molecule has 1 aromatic heterocycles. The highest BCUT2D eigenvalue weighted by atomic mass is 16.3. The number of carbonyl (C=O) groups is 3. The van der Waals surface area contributed by atoms with E-state index in [9.17, 15) is 19.5 Å². The summed E-state index contributed by atoms with van der Waals surface area (Å²) in [6.07, 6.45) is 2.47. The van der Waals surface area contributed by atoms with Gasteiger partial charge < -0.3 is 10.4 Å². The van der Waals surface area contributed by atoms with Crippen LogP contribution in [0.2, 0.25) is 0 Å². The maximum Gasteiger partial charge on any atom is 0.251 e. The lowest BCUT2D eigenvalue weighted by Gasteiger charge is -2.24. The Morgan fingerprint density at radius 3 is 2.37 bits per heavy atom. The minimum atomic E-state index is -1.63. The Morgan fingerprint density at radius 1 is 1.07 bits per heavy atom. The summed E-state index contributed by atoms with van der Waals surface area (Å²) in [5.74, 6) is -0.841. The van der Waals surface area contributed by atoms with Gasteiger partial charge in [-0.3, -0.25) is 19.4 Å². The van der Waals surface area contributed by atoms with Crippen LogP contribution in [0.4, 0.5) is 0 Å². The monoisotopic (exact) mass is 370 g/mol. The van der Waals surface area contributed by atoms with Crippen LogP contribution in [0.15, 0.2) is 46.7 Å². The first-order valence-corrected chi connectivity index (χ1v) is 9.02. The van der Waals surface area contributed by atoms with Crippen LogP contribution in [0.25, 0.3) is 0 Å². The summed E-state index contributed by atoms with van der Waals surface area (Å²) >= 11 is 0. The van der Waals surface area contributed by atoms with Crippen molar-refractivity contribution < 1.29 is 19.5 Å². The molecule has 2 N–H and O–H groups in total. The summed E-state index contributed by atoms with van der Waals surface area (Å²) < 4.78 is 0. The number of nitrogens with zero attached hydrogens (tertiary/aromatic N) is 1. The number of carbonyl (C=O) groups excluding carboxylic acids is 3. The van der Waals surface area contributed by atoms with Crippen LogP contribution in [0.5, 0.6) is 0 Å². The average molecular weight is 370 g/mol. The zero-order chi connectivity index (χ0) is 20.2. The molecule has 0 saturated heterocycles. The normalized spacial score (nSPS) is 17.2. The molecule has 1 aliphatic rings. The van der Waals surface area contributed by atoms with Crippen molar-refractivity contribution in [2.24, 2.45) is 0 Å². The van der Waals surface area contributed by atoms with Gasteiger partial charge in [0.05, 0.1) is 0 Å². The van der Waals surface area contributed by atoms with Crippen molar-refractivity contribution in [2.75, 3.05) is 6.54 Å². The Morgan fingerprint density at radius 2 is 1.74 bits per heavy atom. The molecular formula is C21H26N2O4. The van der Waals surface area contributed by atoms with E-state index in [1.165, 1.54) is 6.92 Å². The van der Waals surface area contributed by atoms with E-state index in [0.717, 1.165) is 5.69 Å². The summed E-state index contributed by atoms with van der Waals surface area (Å²) in [5, 5.41) is 13.2. The van der Waals surface area contributed by atoms with Gasteiger partial charge >= 0.3 is 0 Å². The number of amides is 1. The van der Waals surface area contributed by atoms with E-state index in [2.05, 4.69) is 10.3 Å². The molecule has 1 aliphatic carbocycles. The van der Waals surface area contributed by atoms with Crippen molar-refractivity contribution in [3.63, 3.8) is 0 Å². The summed E-state index contributed by atoms with van der Waals surface area (Å²) in [4.78, 5) is 41.2. The van der Waals surface area contributed by atoms with E-state index in [1.54, 1.807) is 27.0 Å². The van der Waals surface area contributed by atoms with Crippen LogP contribution in [0.3, 0.4) is 0 Å². The van der Waals surface area contributed by atoms with Crippen molar-refractivity contribution in [1.82, 2.24) is 10.3 Å². The first-order valence-electron chi connectivity index (χ1n) is 9.02. The van der Waals surface area contributed by atoms with E-state index in [-0.39, 0.29) is 24.4 Å². The number of Topliss-reactive ketones (excluding diaryl/α,β-unsaturated/α-hetero) is 2. The minimum absolute atomic E-state index is 0.0560. The van der Waals surface area contributed by atoms with Crippen LogP contribution in [0, 0.1) is 0 Å². The Hall–Kier alpha value is -2.60. The fourth-order valence-electron chi connectivity index (χ4n) is 2.98. The average Bonchev–Trinajstić information content (AvgIpc) is 2.65. The second kappa shape index (κ2) is 8.39. The highest BCUT2D eigenvalue weighted by Gasteiger charge is 2.33. The number of nitrogens with one attached hydrogen (secondary N) is 1. The van der Waals surface area contributed by atoms with Crippen LogP contribution in [-0.2, 0) is 20.8 Å². The number of pyridine rings is 1. The molecule has 0 fully saturated rings. The minimum Gasteiger partial charge on any atom is -0.380 e. The third-order valence-electron chi connectivity index (χ3n) is 5.05. The van der Waals surface area contributed by atoms with Gasteiger partial charge in [0.1, 0.15) is 5.60 Å². The molecule has 0 aliphatic heterocycles. The molecule has 0 saturated carbocycles. The number of hydrogen-bond donors (Lipinski definition) is 2. The van der Waals surface area contributed by atoms with Crippen LogP contribution in [0.1, 0.15) is 46.2 Å². The Kier molecular flexibility index (Phi) is 6.44. The molecule has 1 unspecified atom stereocenters. The zero-order valence-corrected chi connectivity index (χ0v) is 16.3. The predicted molar refractivity (Wildman–Crippen MR) is 102 cm³/mol. The summed E-state index contributed by atoms with van der Waals surface area (Å²) in [5.41, 5.74) is 0.881. The van der Waals surface area contributed by atoms with Gasteiger partial charge in [0.15, 0.2) is 11.6 Å². The van der Waals surface area contributed by atoms with Gasteiger partial charge in [-0.05, 0) is 52.7 Å². The largest absolute Gasteiger partial charge is 0.380 e. The predicted octanol–water partition coefficient (Wildman–Crippen LogP) is 2.08. The van der Waals surface area contributed by atoms with E-state index in [1.807, 2.05) is 18.2 Å². The van der Waals surface area contributed by atoms with Crippen LogP contribution >= 0.6 is 0 Å². The summed E-state index contributed by atoms with van der Waals surface area (Å²) in [7, 11) is 0. The molecule has 27 heavy (non-hydrogen) atoms. The molecule has 0 radical (unpaired) electrons. The van der Waals surface area contributed by atoms with Gasteiger partial charge in [-0.1, -0.05) is 6.07 Å². The lowest BCUT2D eigenvalue weighted by atomic mass is 9.82. The van der Waals surface area contributed by atoms with Crippen LogP contribution in [-0.4, -0.2) is 39.7 Å². The van der Waals surface area contributed by atoms with Crippen molar-refractivity contribution in [3.8, 4) is 0 Å². The van der Waals surface area contributed by atoms with Crippen LogP contribution < -0.4 is 5.32 Å². The smallest absolute Gasteiger partial charge is 0.251 e. The first-order chi connectivity index (χ1) is 12.6. The number of rotatable bonds is 7. The summed E-state index contributed by atoms with van der Waals surface area (Å²) in [6, 6.07) is 5.55. The quantitative estimate of drug-likeness (QED) is 0.717.